The van der Waals surface area contributed by atoms with Gasteiger partial charge < -0.3 is 4.74 Å². The Balaban J connectivity index is 1.48. The molecule has 0 unspecified atom stereocenters. The quantitative estimate of drug-likeness (QED) is 0.176. The van der Waals surface area contributed by atoms with Gasteiger partial charge in [-0.3, -0.25) is 9.69 Å². The van der Waals surface area contributed by atoms with Gasteiger partial charge in [-0.2, -0.15) is 5.10 Å². The third-order valence-corrected chi connectivity index (χ3v) is 7.57. The Bertz CT molecular complexity index is 1470. The van der Waals surface area contributed by atoms with Crippen LogP contribution >= 0.6 is 35.6 Å². The summed E-state index contributed by atoms with van der Waals surface area (Å²) in [5.74, 6) is 0.533. The molecule has 8 heteroatoms. The van der Waals surface area contributed by atoms with E-state index in [4.69, 9.17) is 33.7 Å². The van der Waals surface area contributed by atoms with E-state index in [1.54, 1.807) is 4.90 Å². The SMILES string of the molecule is CCOc1ccc(-c2nn(-c3ccccc3)cc2C=C2SC(=S)N(CCc3ccccc3)C2=O)cc1Cl. The molecule has 1 aromatic heterocycles. The molecule has 0 aliphatic carbocycles. The number of ether oxygens (including phenoxy) is 1. The lowest BCUT2D eigenvalue weighted by molar-refractivity contribution is -0.122. The number of halogens is 1. The van der Waals surface area contributed by atoms with Crippen LogP contribution in [0, 0.1) is 0 Å². The van der Waals surface area contributed by atoms with Gasteiger partial charge in [-0.25, -0.2) is 4.68 Å². The van der Waals surface area contributed by atoms with E-state index in [9.17, 15) is 4.79 Å². The topological polar surface area (TPSA) is 47.4 Å². The van der Waals surface area contributed by atoms with Crippen molar-refractivity contribution in [1.82, 2.24) is 14.7 Å². The zero-order valence-electron chi connectivity index (χ0n) is 20.1. The fourth-order valence-corrected chi connectivity index (χ4v) is 5.61. The summed E-state index contributed by atoms with van der Waals surface area (Å²) in [4.78, 5) is 15.6. The highest BCUT2D eigenvalue weighted by atomic mass is 35.5. The molecule has 2 heterocycles. The summed E-state index contributed by atoms with van der Waals surface area (Å²) in [6.45, 7) is 2.98. The van der Waals surface area contributed by atoms with Crippen LogP contribution in [-0.2, 0) is 11.2 Å². The maximum atomic E-state index is 13.3. The number of aromatic nitrogens is 2. The molecular weight excluding hydrogens is 522 g/mol. The van der Waals surface area contributed by atoms with Gasteiger partial charge in [0.2, 0.25) is 0 Å². The van der Waals surface area contributed by atoms with E-state index in [1.165, 1.54) is 17.3 Å². The average molecular weight is 546 g/mol. The van der Waals surface area contributed by atoms with Gasteiger partial charge in [0.25, 0.3) is 5.91 Å². The minimum Gasteiger partial charge on any atom is -0.492 e. The Kier molecular flexibility index (Phi) is 7.74. The van der Waals surface area contributed by atoms with E-state index in [0.717, 1.165) is 23.2 Å². The van der Waals surface area contributed by atoms with Crippen molar-refractivity contribution < 1.29 is 9.53 Å². The number of para-hydroxylation sites is 1. The van der Waals surface area contributed by atoms with Crippen molar-refractivity contribution in [2.45, 2.75) is 13.3 Å². The van der Waals surface area contributed by atoms with Crippen LogP contribution < -0.4 is 4.74 Å². The molecular formula is C29H24ClN3O2S2. The van der Waals surface area contributed by atoms with Crippen molar-refractivity contribution in [1.29, 1.82) is 0 Å². The van der Waals surface area contributed by atoms with Crippen molar-refractivity contribution in [3.63, 3.8) is 0 Å². The van der Waals surface area contributed by atoms with Crippen LogP contribution in [0.5, 0.6) is 5.75 Å². The Labute approximate surface area is 230 Å². The molecule has 0 radical (unpaired) electrons. The zero-order valence-corrected chi connectivity index (χ0v) is 22.5. The molecule has 1 aliphatic heterocycles. The lowest BCUT2D eigenvalue weighted by Crippen LogP contribution is -2.30. The fraction of sp³-hybridized carbons (Fsp3) is 0.138. The lowest BCUT2D eigenvalue weighted by Gasteiger charge is -2.14. The molecule has 1 amide bonds. The van der Waals surface area contributed by atoms with E-state index in [0.29, 0.717) is 38.8 Å². The standard InChI is InChI=1S/C29H24ClN3O2S2/c1-2-35-25-14-13-21(17-24(25)30)27-22(19-33(31-27)23-11-7-4-8-12-23)18-26-28(34)32(29(36)37-26)16-15-20-9-5-3-6-10-20/h3-14,17-19H,2,15-16H2,1H3. The van der Waals surface area contributed by atoms with Gasteiger partial charge >= 0.3 is 0 Å². The maximum absolute atomic E-state index is 13.3. The summed E-state index contributed by atoms with van der Waals surface area (Å²) in [5.41, 5.74) is 4.42. The van der Waals surface area contributed by atoms with E-state index >= 15 is 0 Å². The number of thiocarbonyl (C=S) groups is 1. The van der Waals surface area contributed by atoms with Gasteiger partial charge in [0, 0.05) is 23.9 Å². The third-order valence-electron chi connectivity index (χ3n) is 5.90. The minimum absolute atomic E-state index is 0.0888. The number of nitrogens with zero attached hydrogens (tertiary/aromatic N) is 3. The first-order valence-corrected chi connectivity index (χ1v) is 13.5. The number of carbonyl (C=O) groups is 1. The molecule has 1 saturated heterocycles. The second-order valence-corrected chi connectivity index (χ2v) is 10.4. The predicted molar refractivity (Wildman–Crippen MR) is 155 cm³/mol. The highest BCUT2D eigenvalue weighted by Crippen LogP contribution is 2.36. The van der Waals surface area contributed by atoms with Crippen molar-refractivity contribution in [3.8, 4) is 22.7 Å². The molecule has 0 atom stereocenters. The summed E-state index contributed by atoms with van der Waals surface area (Å²) in [6.07, 6.45) is 4.53. The predicted octanol–water partition coefficient (Wildman–Crippen LogP) is 7.04. The molecule has 0 bridgehead atoms. The first-order chi connectivity index (χ1) is 18.0. The zero-order chi connectivity index (χ0) is 25.8. The van der Waals surface area contributed by atoms with Gasteiger partial charge in [-0.15, -0.1) is 0 Å². The Morgan fingerprint density at radius 2 is 1.78 bits per heavy atom. The molecule has 0 N–H and O–H groups in total. The van der Waals surface area contributed by atoms with Crippen molar-refractivity contribution in [2.24, 2.45) is 0 Å². The second kappa shape index (κ2) is 11.3. The molecule has 0 spiro atoms. The fourth-order valence-electron chi connectivity index (χ4n) is 4.07. The van der Waals surface area contributed by atoms with Gasteiger partial charge in [0.05, 0.1) is 22.2 Å². The van der Waals surface area contributed by atoms with Crippen LogP contribution in [0.3, 0.4) is 0 Å². The number of hydrogen-bond acceptors (Lipinski definition) is 5. The van der Waals surface area contributed by atoms with Gasteiger partial charge in [-0.1, -0.05) is 84.1 Å². The maximum Gasteiger partial charge on any atom is 0.266 e. The number of carbonyl (C=O) groups excluding carboxylic acids is 1. The number of thioether (sulfide) groups is 1. The van der Waals surface area contributed by atoms with Crippen molar-refractivity contribution in [3.05, 3.63) is 106 Å². The average Bonchev–Trinajstić information content (AvgIpc) is 3.45. The van der Waals surface area contributed by atoms with E-state index in [-0.39, 0.29) is 5.91 Å². The normalized spacial score (nSPS) is 14.5. The van der Waals surface area contributed by atoms with Crippen LogP contribution in [0.15, 0.2) is 90.0 Å². The summed E-state index contributed by atoms with van der Waals surface area (Å²) in [6, 6.07) is 25.5. The highest BCUT2D eigenvalue weighted by molar-refractivity contribution is 8.26. The lowest BCUT2D eigenvalue weighted by atomic mass is 10.1. The molecule has 37 heavy (non-hydrogen) atoms. The molecule has 1 aliphatic rings. The van der Waals surface area contributed by atoms with Crippen molar-refractivity contribution >= 4 is 51.9 Å². The first-order valence-electron chi connectivity index (χ1n) is 11.9. The van der Waals surface area contributed by atoms with E-state index in [2.05, 4.69) is 12.1 Å². The van der Waals surface area contributed by atoms with Crippen molar-refractivity contribution in [2.75, 3.05) is 13.2 Å². The van der Waals surface area contributed by atoms with Gasteiger partial charge in [0.1, 0.15) is 15.8 Å². The largest absolute Gasteiger partial charge is 0.492 e. The Hall–Kier alpha value is -3.39. The highest BCUT2D eigenvalue weighted by Gasteiger charge is 2.32. The van der Waals surface area contributed by atoms with Crippen LogP contribution in [0.25, 0.3) is 23.0 Å². The number of hydrogen-bond donors (Lipinski definition) is 0. The van der Waals surface area contributed by atoms with Crippen LogP contribution in [-0.4, -0.2) is 38.1 Å². The van der Waals surface area contributed by atoms with E-state index in [1.807, 2.05) is 90.6 Å². The summed E-state index contributed by atoms with van der Waals surface area (Å²) in [7, 11) is 0. The van der Waals surface area contributed by atoms with Gasteiger partial charge in [0.15, 0.2) is 0 Å². The second-order valence-electron chi connectivity index (χ2n) is 8.36. The summed E-state index contributed by atoms with van der Waals surface area (Å²) in [5, 5.41) is 5.36. The molecule has 5 rings (SSSR count). The van der Waals surface area contributed by atoms with Crippen LogP contribution in [0.4, 0.5) is 0 Å². The van der Waals surface area contributed by atoms with Crippen LogP contribution in [0.2, 0.25) is 5.02 Å². The third kappa shape index (κ3) is 5.64. The number of rotatable bonds is 8. The molecule has 1 fully saturated rings. The summed E-state index contributed by atoms with van der Waals surface area (Å²) < 4.78 is 7.97. The van der Waals surface area contributed by atoms with E-state index < -0.39 is 0 Å². The molecule has 0 saturated carbocycles. The smallest absolute Gasteiger partial charge is 0.266 e. The number of amides is 1. The minimum atomic E-state index is -0.0888. The molecule has 3 aromatic carbocycles. The van der Waals surface area contributed by atoms with Crippen LogP contribution in [0.1, 0.15) is 18.1 Å². The molecule has 186 valence electrons. The van der Waals surface area contributed by atoms with Gasteiger partial charge in [-0.05, 0) is 55.3 Å². The molecule has 5 nitrogen and oxygen atoms in total. The Morgan fingerprint density at radius 1 is 1.05 bits per heavy atom. The Morgan fingerprint density at radius 3 is 2.49 bits per heavy atom. The number of benzene rings is 3. The summed E-state index contributed by atoms with van der Waals surface area (Å²) >= 11 is 13.4. The molecule has 4 aromatic rings. The monoisotopic (exact) mass is 545 g/mol. The first kappa shape index (κ1) is 25.3.